The van der Waals surface area contributed by atoms with E-state index in [1.165, 1.54) is 0 Å². The summed E-state index contributed by atoms with van der Waals surface area (Å²) in [6.45, 7) is 1.95. The highest BCUT2D eigenvalue weighted by Gasteiger charge is 2.10. The largest absolute Gasteiger partial charge is 0.361 e. The molecule has 1 aromatic heterocycles. The van der Waals surface area contributed by atoms with E-state index < -0.39 is 0 Å². The van der Waals surface area contributed by atoms with Crippen LogP contribution in [-0.4, -0.2) is 16.8 Å². The Morgan fingerprint density at radius 3 is 2.52 bits per heavy atom. The quantitative estimate of drug-likeness (QED) is 0.650. The van der Waals surface area contributed by atoms with Crippen molar-refractivity contribution < 1.29 is 9.59 Å². The summed E-state index contributed by atoms with van der Waals surface area (Å²) in [6, 6.07) is 14.9. The second-order valence-corrected chi connectivity index (χ2v) is 5.40. The first-order chi connectivity index (χ1) is 11.1. The molecular weight excluding hydrogens is 290 g/mol. The predicted molar refractivity (Wildman–Crippen MR) is 88.8 cm³/mol. The maximum absolute atomic E-state index is 12.0. The Bertz CT molecular complexity index is 850. The zero-order chi connectivity index (χ0) is 16.2. The van der Waals surface area contributed by atoms with Gasteiger partial charge in [-0.15, -0.1) is 0 Å². The third-order valence-corrected chi connectivity index (χ3v) is 3.66. The van der Waals surface area contributed by atoms with Crippen molar-refractivity contribution in [3.63, 3.8) is 0 Å². The van der Waals surface area contributed by atoms with Crippen LogP contribution in [0, 0.1) is 6.92 Å². The SMILES string of the molecule is Cc1ccc(C(=O)NNC(=O)Cc2c[nH]c3ccccc23)cc1. The second-order valence-electron chi connectivity index (χ2n) is 5.40. The molecule has 0 radical (unpaired) electrons. The van der Waals surface area contributed by atoms with Crippen LogP contribution in [0.2, 0.25) is 0 Å². The maximum atomic E-state index is 12.0. The number of rotatable bonds is 3. The number of amides is 2. The lowest BCUT2D eigenvalue weighted by Crippen LogP contribution is -2.42. The highest BCUT2D eigenvalue weighted by atomic mass is 16.2. The van der Waals surface area contributed by atoms with Crippen molar-refractivity contribution in [3.05, 3.63) is 71.4 Å². The van der Waals surface area contributed by atoms with Gasteiger partial charge in [-0.3, -0.25) is 20.4 Å². The minimum atomic E-state index is -0.336. The monoisotopic (exact) mass is 307 g/mol. The van der Waals surface area contributed by atoms with Gasteiger partial charge in [0.1, 0.15) is 0 Å². The van der Waals surface area contributed by atoms with E-state index in [4.69, 9.17) is 0 Å². The number of para-hydroxylation sites is 1. The molecule has 5 nitrogen and oxygen atoms in total. The molecule has 5 heteroatoms. The molecular formula is C18H17N3O2. The molecule has 3 aromatic rings. The first kappa shape index (κ1) is 14.8. The number of hydrogen-bond donors (Lipinski definition) is 3. The van der Waals surface area contributed by atoms with Crippen LogP contribution in [0.25, 0.3) is 10.9 Å². The summed E-state index contributed by atoms with van der Waals surface area (Å²) in [5, 5.41) is 1.01. The maximum Gasteiger partial charge on any atom is 0.269 e. The van der Waals surface area contributed by atoms with Crippen LogP contribution in [0.5, 0.6) is 0 Å². The average Bonchev–Trinajstić information content (AvgIpc) is 2.96. The van der Waals surface area contributed by atoms with Crippen molar-refractivity contribution in [1.82, 2.24) is 15.8 Å². The van der Waals surface area contributed by atoms with E-state index in [0.717, 1.165) is 22.0 Å². The molecule has 3 rings (SSSR count). The number of H-pyrrole nitrogens is 1. The molecule has 3 N–H and O–H groups in total. The number of carbonyl (C=O) groups is 2. The Kier molecular flexibility index (Phi) is 4.10. The molecule has 2 amide bonds. The standard InChI is InChI=1S/C18H17N3O2/c1-12-6-8-13(9-7-12)18(23)21-20-17(22)10-14-11-19-16-5-3-2-4-15(14)16/h2-9,11,19H,10H2,1H3,(H,20,22)(H,21,23). The van der Waals surface area contributed by atoms with Crippen LogP contribution in [0.4, 0.5) is 0 Å². The molecule has 0 spiro atoms. The van der Waals surface area contributed by atoms with Crippen molar-refractivity contribution >= 4 is 22.7 Å². The van der Waals surface area contributed by atoms with Gasteiger partial charge in [0.05, 0.1) is 6.42 Å². The van der Waals surface area contributed by atoms with E-state index in [2.05, 4.69) is 15.8 Å². The summed E-state index contributed by atoms with van der Waals surface area (Å²) < 4.78 is 0. The van der Waals surface area contributed by atoms with E-state index in [9.17, 15) is 9.59 Å². The summed E-state index contributed by atoms with van der Waals surface area (Å²) in [7, 11) is 0. The molecule has 0 saturated carbocycles. The first-order valence-corrected chi connectivity index (χ1v) is 7.34. The summed E-state index contributed by atoms with van der Waals surface area (Å²) in [4.78, 5) is 27.1. The Morgan fingerprint density at radius 1 is 1.00 bits per heavy atom. The lowest BCUT2D eigenvalue weighted by molar-refractivity contribution is -0.121. The van der Waals surface area contributed by atoms with E-state index in [1.54, 1.807) is 12.1 Å². The third kappa shape index (κ3) is 3.40. The fraction of sp³-hybridized carbons (Fsp3) is 0.111. The van der Waals surface area contributed by atoms with Crippen LogP contribution in [0.3, 0.4) is 0 Å². The fourth-order valence-corrected chi connectivity index (χ4v) is 2.40. The zero-order valence-corrected chi connectivity index (χ0v) is 12.7. The molecule has 1 heterocycles. The molecule has 2 aromatic carbocycles. The van der Waals surface area contributed by atoms with Gasteiger partial charge in [-0.05, 0) is 30.7 Å². The third-order valence-electron chi connectivity index (χ3n) is 3.66. The number of fused-ring (bicyclic) bond motifs is 1. The molecule has 0 aliphatic heterocycles. The molecule has 23 heavy (non-hydrogen) atoms. The molecule has 0 bridgehead atoms. The molecule has 116 valence electrons. The number of aryl methyl sites for hydroxylation is 1. The number of aromatic nitrogens is 1. The Morgan fingerprint density at radius 2 is 1.74 bits per heavy atom. The highest BCUT2D eigenvalue weighted by Crippen LogP contribution is 2.17. The molecule has 0 unspecified atom stereocenters. The lowest BCUT2D eigenvalue weighted by Gasteiger charge is -2.07. The van der Waals surface area contributed by atoms with Gasteiger partial charge in [-0.2, -0.15) is 0 Å². The van der Waals surface area contributed by atoms with E-state index in [-0.39, 0.29) is 18.2 Å². The van der Waals surface area contributed by atoms with Crippen LogP contribution < -0.4 is 10.9 Å². The van der Waals surface area contributed by atoms with Crippen molar-refractivity contribution in [2.75, 3.05) is 0 Å². The molecule has 0 saturated heterocycles. The normalized spacial score (nSPS) is 10.5. The van der Waals surface area contributed by atoms with Crippen LogP contribution in [0.15, 0.2) is 54.7 Å². The minimum absolute atomic E-state index is 0.193. The van der Waals surface area contributed by atoms with E-state index in [0.29, 0.717) is 5.56 Å². The van der Waals surface area contributed by atoms with Crippen molar-refractivity contribution in [1.29, 1.82) is 0 Å². The number of hydrogen-bond acceptors (Lipinski definition) is 2. The Balaban J connectivity index is 1.59. The van der Waals surface area contributed by atoms with Crippen molar-refractivity contribution in [2.24, 2.45) is 0 Å². The van der Waals surface area contributed by atoms with Crippen molar-refractivity contribution in [2.45, 2.75) is 13.3 Å². The highest BCUT2D eigenvalue weighted by molar-refractivity contribution is 5.96. The van der Waals surface area contributed by atoms with Gasteiger partial charge >= 0.3 is 0 Å². The summed E-state index contributed by atoms with van der Waals surface area (Å²) in [5.74, 6) is -0.604. The second kappa shape index (κ2) is 6.36. The number of carbonyl (C=O) groups excluding carboxylic acids is 2. The smallest absolute Gasteiger partial charge is 0.269 e. The van der Waals surface area contributed by atoms with Gasteiger partial charge in [-0.1, -0.05) is 35.9 Å². The molecule has 0 atom stereocenters. The van der Waals surface area contributed by atoms with Gasteiger partial charge < -0.3 is 4.98 Å². The van der Waals surface area contributed by atoms with Gasteiger partial charge in [0.15, 0.2) is 0 Å². The van der Waals surface area contributed by atoms with Crippen LogP contribution in [0.1, 0.15) is 21.5 Å². The molecule has 0 aliphatic carbocycles. The minimum Gasteiger partial charge on any atom is -0.361 e. The van der Waals surface area contributed by atoms with Gasteiger partial charge in [-0.25, -0.2) is 0 Å². The molecule has 0 aliphatic rings. The average molecular weight is 307 g/mol. The van der Waals surface area contributed by atoms with Gasteiger partial charge in [0, 0.05) is 22.7 Å². The van der Waals surface area contributed by atoms with Gasteiger partial charge in [0.25, 0.3) is 5.91 Å². The number of hydrazine groups is 1. The fourth-order valence-electron chi connectivity index (χ4n) is 2.40. The summed E-state index contributed by atoms with van der Waals surface area (Å²) in [5.41, 5.74) is 8.33. The Labute approximate surface area is 133 Å². The van der Waals surface area contributed by atoms with Gasteiger partial charge in [0.2, 0.25) is 5.91 Å². The topological polar surface area (TPSA) is 74.0 Å². The van der Waals surface area contributed by atoms with Crippen molar-refractivity contribution in [3.8, 4) is 0 Å². The zero-order valence-electron chi connectivity index (χ0n) is 12.7. The lowest BCUT2D eigenvalue weighted by atomic mass is 10.1. The predicted octanol–water partition coefficient (Wildman–Crippen LogP) is 2.48. The van der Waals surface area contributed by atoms with E-state index >= 15 is 0 Å². The number of benzene rings is 2. The number of aromatic amines is 1. The van der Waals surface area contributed by atoms with Crippen LogP contribution in [-0.2, 0) is 11.2 Å². The Hall–Kier alpha value is -3.08. The summed E-state index contributed by atoms with van der Waals surface area (Å²) in [6.07, 6.45) is 2.00. The van der Waals surface area contributed by atoms with Crippen LogP contribution >= 0.6 is 0 Å². The number of nitrogens with one attached hydrogen (secondary N) is 3. The first-order valence-electron chi connectivity index (χ1n) is 7.34. The molecule has 0 fully saturated rings. The summed E-state index contributed by atoms with van der Waals surface area (Å²) >= 11 is 0. The van der Waals surface area contributed by atoms with E-state index in [1.807, 2.05) is 49.5 Å².